The molecule has 17 heteroatoms. The molecule has 0 saturated heterocycles. The molecule has 4 aromatic heterocycles. The molecule has 7 aromatic rings. The summed E-state index contributed by atoms with van der Waals surface area (Å²) in [4.78, 5) is 55.5. The second kappa shape index (κ2) is 31.5. The third-order valence-electron chi connectivity index (χ3n) is 11.1. The number of nitrogens with zero attached hydrogens (tertiary/aromatic N) is 7. The van der Waals surface area contributed by atoms with Gasteiger partial charge < -0.3 is 40.7 Å². The average molecular weight is 1100 g/mol. The molecule has 0 aliphatic carbocycles. The van der Waals surface area contributed by atoms with Crippen molar-refractivity contribution in [2.45, 2.75) is 79.1 Å². The van der Waals surface area contributed by atoms with Gasteiger partial charge >= 0.3 is 19.5 Å². The fraction of sp³-hybridized carbons (Fsp3) is 0.228. The van der Waals surface area contributed by atoms with Gasteiger partial charge in [-0.05, 0) is 109 Å². The van der Waals surface area contributed by atoms with Gasteiger partial charge in [0.15, 0.2) is 0 Å². The minimum atomic E-state index is -0.0230. The summed E-state index contributed by atoms with van der Waals surface area (Å²) in [5.74, 6) is 0.943. The van der Waals surface area contributed by atoms with Gasteiger partial charge in [0, 0.05) is 71.3 Å². The van der Waals surface area contributed by atoms with Crippen molar-refractivity contribution in [1.82, 2.24) is 19.9 Å². The number of thiocarbonyl (C=S) groups is 1. The molecule has 0 amide bonds. The number of pyridine rings is 4. The van der Waals surface area contributed by atoms with E-state index in [2.05, 4.69) is 129 Å². The van der Waals surface area contributed by atoms with Crippen molar-refractivity contribution < 1.29 is 48.1 Å². The molecule has 2 N–H and O–H groups in total. The van der Waals surface area contributed by atoms with Crippen LogP contribution in [0.4, 0.5) is 17.1 Å². The van der Waals surface area contributed by atoms with E-state index in [-0.39, 0.29) is 60.8 Å². The number of unbranched alkanes of at least 4 members (excludes halogenated alkanes) is 4. The van der Waals surface area contributed by atoms with Gasteiger partial charge in [0.05, 0.1) is 28.5 Å². The Balaban J connectivity index is 0.000000328. The van der Waals surface area contributed by atoms with Crippen molar-refractivity contribution in [3.8, 4) is 51.2 Å². The molecule has 380 valence electrons. The van der Waals surface area contributed by atoms with Crippen LogP contribution in [0.5, 0.6) is 17.2 Å². The first-order valence-electron chi connectivity index (χ1n) is 23.7. The van der Waals surface area contributed by atoms with E-state index in [9.17, 15) is 14.4 Å². The average Bonchev–Trinajstić information content (AvgIpc) is 3.41. The van der Waals surface area contributed by atoms with Gasteiger partial charge in [-0.15, -0.1) is 0 Å². The number of isothiocyanates is 1. The summed E-state index contributed by atoms with van der Waals surface area (Å²) in [6.07, 6.45) is 14.4. The summed E-state index contributed by atoms with van der Waals surface area (Å²) in [5.41, 5.74) is 18.3. The Bertz CT molecular complexity index is 2830. The fourth-order valence-corrected chi connectivity index (χ4v) is 7.30. The van der Waals surface area contributed by atoms with Crippen LogP contribution in [0.1, 0.15) is 83.0 Å². The second-order valence-electron chi connectivity index (χ2n) is 16.6. The summed E-state index contributed by atoms with van der Waals surface area (Å²) in [6.45, 7) is 9.16. The van der Waals surface area contributed by atoms with Gasteiger partial charge in [0.25, 0.3) is 19.4 Å². The first-order valence-corrected chi connectivity index (χ1v) is 24.2. The number of nitrogens with one attached hydrogen (secondary N) is 2. The van der Waals surface area contributed by atoms with Crippen molar-refractivity contribution in [3.05, 3.63) is 168 Å². The molecule has 15 nitrogen and oxygen atoms in total. The Labute approximate surface area is 450 Å². The van der Waals surface area contributed by atoms with Crippen LogP contribution in [0, 0.1) is 11.3 Å². The van der Waals surface area contributed by atoms with E-state index in [1.807, 2.05) is 19.9 Å². The number of carbonyl (C=O) groups excluding carboxylic acids is 3. The molecule has 0 saturated carbocycles. The van der Waals surface area contributed by atoms with Crippen LogP contribution < -0.4 is 19.1 Å². The molecule has 74 heavy (non-hydrogen) atoms. The Morgan fingerprint density at radius 1 is 0.649 bits per heavy atom. The van der Waals surface area contributed by atoms with Crippen LogP contribution >= 0.6 is 12.2 Å². The fourth-order valence-electron chi connectivity index (χ4n) is 7.30. The number of benzene rings is 3. The number of aliphatic imine (C=N–C) groups is 1. The molecule has 3 aromatic carbocycles. The monoisotopic (exact) mass is 1100 g/mol. The summed E-state index contributed by atoms with van der Waals surface area (Å²) in [5, 5.41) is 16.4. The zero-order valence-corrected chi connectivity index (χ0v) is 44.1. The minimum absolute atomic E-state index is 0. The van der Waals surface area contributed by atoms with Crippen LogP contribution in [-0.2, 0) is 46.7 Å². The normalized spacial score (nSPS) is 10.5. The topological polar surface area (TPSA) is 216 Å². The van der Waals surface area contributed by atoms with Crippen molar-refractivity contribution in [2.75, 3.05) is 4.90 Å². The first-order chi connectivity index (χ1) is 35.5. The van der Waals surface area contributed by atoms with E-state index in [4.69, 9.17) is 30.8 Å². The SMILES string of the molecule is CCCCCc1ccc(N(c2ccc(CCCCC)cc2)c2ccc(-c3ccc(C([NH-])=NC(=N)C(C)C)nc3)cc2)cc1.O=COc1ccnc(-c2cc(OC=O)cc(-c3cc(OC=O)ccn3)n2)c1.[N-]=C=S.[Ru+2]. The van der Waals surface area contributed by atoms with E-state index in [1.165, 1.54) is 104 Å². The largest absolute Gasteiger partial charge is 2.00 e. The summed E-state index contributed by atoms with van der Waals surface area (Å²) >= 11 is 3.70. The van der Waals surface area contributed by atoms with Crippen LogP contribution in [0.25, 0.3) is 45.0 Å². The zero-order valence-electron chi connectivity index (χ0n) is 41.6. The number of hydrogen-bond acceptors (Lipinski definition) is 13. The maximum Gasteiger partial charge on any atom is 2.00 e. The third-order valence-corrected chi connectivity index (χ3v) is 11.1. The van der Waals surface area contributed by atoms with Crippen molar-refractivity contribution >= 4 is 65.5 Å². The smallest absolute Gasteiger partial charge is 0.753 e. The molecule has 0 aliphatic heterocycles. The number of anilines is 3. The number of aromatic nitrogens is 4. The van der Waals surface area contributed by atoms with E-state index in [0.717, 1.165) is 41.0 Å². The summed E-state index contributed by atoms with van der Waals surface area (Å²) < 4.78 is 14.5. The third kappa shape index (κ3) is 18.0. The Kier molecular flexibility index (Phi) is 24.9. The number of hydrogen-bond donors (Lipinski definition) is 1. The molecule has 7 rings (SSSR count). The zero-order chi connectivity index (χ0) is 52.4. The maximum absolute atomic E-state index is 10.8. The van der Waals surface area contributed by atoms with Gasteiger partial charge in [0.1, 0.15) is 17.2 Å². The molecule has 0 spiro atoms. The van der Waals surface area contributed by atoms with Gasteiger partial charge in [-0.2, -0.15) is 5.16 Å². The molecule has 0 bridgehead atoms. The maximum atomic E-state index is 10.8. The molecule has 0 atom stereocenters. The summed E-state index contributed by atoms with van der Waals surface area (Å²) in [7, 11) is 0. The van der Waals surface area contributed by atoms with Crippen LogP contribution in [0.2, 0.25) is 0 Å². The van der Waals surface area contributed by atoms with E-state index < -0.39 is 0 Å². The minimum Gasteiger partial charge on any atom is -0.753 e. The molecule has 0 aliphatic rings. The second-order valence-corrected chi connectivity index (χ2v) is 16.8. The van der Waals surface area contributed by atoms with Gasteiger partial charge in [-0.1, -0.05) is 108 Å². The van der Waals surface area contributed by atoms with Crippen molar-refractivity contribution in [3.63, 3.8) is 0 Å². The van der Waals surface area contributed by atoms with Crippen LogP contribution in [0.3, 0.4) is 0 Å². The number of aryl methyl sites for hydroxylation is 2. The summed E-state index contributed by atoms with van der Waals surface area (Å²) in [6, 6.07) is 39.4. The van der Waals surface area contributed by atoms with Gasteiger partial charge in [-0.3, -0.25) is 29.3 Å². The van der Waals surface area contributed by atoms with E-state index in [0.29, 0.717) is 41.4 Å². The number of ether oxygens (including phenoxy) is 3. The molecule has 0 radical (unpaired) electrons. The predicted molar refractivity (Wildman–Crippen MR) is 291 cm³/mol. The number of rotatable bonds is 22. The Morgan fingerprint density at radius 3 is 1.47 bits per heavy atom. The quantitative estimate of drug-likeness (QED) is 0.0167. The molecule has 4 heterocycles. The van der Waals surface area contributed by atoms with Crippen molar-refractivity contribution in [1.29, 1.82) is 5.41 Å². The molecular formula is C57H57N9O6RuS. The van der Waals surface area contributed by atoms with Gasteiger partial charge in [-0.25, -0.2) is 4.98 Å². The first kappa shape index (κ1) is 58.6. The van der Waals surface area contributed by atoms with E-state index >= 15 is 0 Å². The van der Waals surface area contributed by atoms with Crippen LogP contribution in [0.15, 0.2) is 145 Å². The van der Waals surface area contributed by atoms with Crippen LogP contribution in [-0.4, -0.2) is 56.2 Å². The number of amidine groups is 2. The predicted octanol–water partition coefficient (Wildman–Crippen LogP) is 13.6. The van der Waals surface area contributed by atoms with Gasteiger partial charge in [0.2, 0.25) is 0 Å². The van der Waals surface area contributed by atoms with E-state index in [1.54, 1.807) is 12.3 Å². The Hall–Kier alpha value is -7.97. The Morgan fingerprint density at radius 2 is 1.07 bits per heavy atom. The standard InChI is InChI=1S/C38H46N5.C18H11N3O6.CNS.Ru/c1-5-7-9-11-29-13-20-33(21-14-29)43(34-22-15-30(16-23-34)12-10-8-6-2)35-24-17-31(18-25-35)32-19-26-36(41-27-32)38(40)42-37(39)28(3)4;22-9-25-12-1-3-19-15(5-12)17-7-14(27-11-24)8-18(21-17)16-6-13(26-10-23)2-4-20-16;2-1-3;/h13-28H,5-12H2,1-4H3,(H2-,39,40,42);1-11H;;/q-1;;-1;+2. The van der Waals surface area contributed by atoms with Crippen molar-refractivity contribution in [2.24, 2.45) is 10.9 Å². The molecule has 0 unspecified atom stereocenters. The molecule has 0 fully saturated rings. The molecular weight excluding hydrogens is 1040 g/mol. The number of carbonyl (C=O) groups is 3.